The lowest BCUT2D eigenvalue weighted by Crippen LogP contribution is -2.00. The molecule has 148 valence electrons. The minimum absolute atomic E-state index is 0.0555. The molecule has 0 aliphatic rings. The van der Waals surface area contributed by atoms with E-state index in [1.165, 1.54) is 12.1 Å². The summed E-state index contributed by atoms with van der Waals surface area (Å²) in [4.78, 5) is 15.0. The fourth-order valence-corrected chi connectivity index (χ4v) is 4.07. The summed E-state index contributed by atoms with van der Waals surface area (Å²) < 4.78 is 7.71. The average Bonchev–Trinajstić information content (AvgIpc) is 2.68. The first kappa shape index (κ1) is 21.2. The fourth-order valence-electron chi connectivity index (χ4n) is 2.70. The van der Waals surface area contributed by atoms with Gasteiger partial charge < -0.3 is 4.74 Å². The maximum absolute atomic E-state index is 10.8. The van der Waals surface area contributed by atoms with Crippen LogP contribution in [0.15, 0.2) is 68.5 Å². The molecule has 29 heavy (non-hydrogen) atoms. The molecule has 0 aliphatic heterocycles. The van der Waals surface area contributed by atoms with E-state index in [9.17, 15) is 10.1 Å². The molecule has 5 nitrogen and oxygen atoms in total. The second kappa shape index (κ2) is 9.33. The Morgan fingerprint density at radius 2 is 1.79 bits per heavy atom. The molecule has 0 fully saturated rings. The highest BCUT2D eigenvalue weighted by molar-refractivity contribution is 9.11. The Balaban J connectivity index is 1.86. The standard InChI is InChI=1S/C22H18Br2N2O3/c1-14-3-4-15(2)21(9-14)25-12-17-10-18(23)11-20(24)22(17)29-13-16-5-7-19(8-6-16)26(27)28/h3-12H,13H2,1-2H3. The molecule has 0 saturated carbocycles. The first-order valence-electron chi connectivity index (χ1n) is 8.80. The third-order valence-corrected chi connectivity index (χ3v) is 5.32. The third kappa shape index (κ3) is 5.52. The number of benzene rings is 3. The summed E-state index contributed by atoms with van der Waals surface area (Å²) in [5, 5.41) is 10.8. The van der Waals surface area contributed by atoms with Gasteiger partial charge in [0.1, 0.15) is 12.4 Å². The number of hydrogen-bond acceptors (Lipinski definition) is 4. The maximum Gasteiger partial charge on any atom is 0.269 e. The Hall–Kier alpha value is -2.51. The molecule has 0 bridgehead atoms. The monoisotopic (exact) mass is 516 g/mol. The number of nitro groups is 1. The quantitative estimate of drug-likeness (QED) is 0.199. The molecule has 0 saturated heterocycles. The minimum Gasteiger partial charge on any atom is -0.487 e. The van der Waals surface area contributed by atoms with Gasteiger partial charge in [-0.15, -0.1) is 0 Å². The summed E-state index contributed by atoms with van der Waals surface area (Å²) in [6.45, 7) is 4.34. The molecule has 3 aromatic carbocycles. The lowest BCUT2D eigenvalue weighted by Gasteiger charge is -2.12. The van der Waals surface area contributed by atoms with Crippen molar-refractivity contribution < 1.29 is 9.66 Å². The predicted octanol–water partition coefficient (Wildman–Crippen LogP) is 7.07. The van der Waals surface area contributed by atoms with Gasteiger partial charge in [0.05, 0.1) is 15.1 Å². The van der Waals surface area contributed by atoms with Gasteiger partial charge in [0.15, 0.2) is 0 Å². The highest BCUT2D eigenvalue weighted by atomic mass is 79.9. The molecule has 0 aliphatic carbocycles. The summed E-state index contributed by atoms with van der Waals surface area (Å²) in [6.07, 6.45) is 1.78. The first-order chi connectivity index (χ1) is 13.8. The molecule has 7 heteroatoms. The molecule has 3 rings (SSSR count). The molecular weight excluding hydrogens is 500 g/mol. The Labute approximate surface area is 185 Å². The zero-order chi connectivity index (χ0) is 21.0. The van der Waals surface area contributed by atoms with E-state index in [1.54, 1.807) is 18.3 Å². The van der Waals surface area contributed by atoms with E-state index in [1.807, 2.05) is 38.1 Å². The topological polar surface area (TPSA) is 64.7 Å². The van der Waals surface area contributed by atoms with E-state index >= 15 is 0 Å². The van der Waals surface area contributed by atoms with Gasteiger partial charge in [-0.1, -0.05) is 28.1 Å². The maximum atomic E-state index is 10.8. The summed E-state index contributed by atoms with van der Waals surface area (Å²) >= 11 is 7.05. The number of nitro benzene ring substituents is 1. The third-order valence-electron chi connectivity index (χ3n) is 4.27. The van der Waals surface area contributed by atoms with Crippen LogP contribution in [0.5, 0.6) is 5.75 Å². The second-order valence-electron chi connectivity index (χ2n) is 6.57. The van der Waals surface area contributed by atoms with Crippen molar-refractivity contribution >= 4 is 49.4 Å². The highest BCUT2D eigenvalue weighted by Gasteiger charge is 2.11. The van der Waals surface area contributed by atoms with Crippen LogP contribution in [0, 0.1) is 24.0 Å². The van der Waals surface area contributed by atoms with Gasteiger partial charge >= 0.3 is 0 Å². The van der Waals surface area contributed by atoms with Crippen molar-refractivity contribution in [2.75, 3.05) is 0 Å². The number of aryl methyl sites for hydroxylation is 2. The summed E-state index contributed by atoms with van der Waals surface area (Å²) in [7, 11) is 0. The van der Waals surface area contributed by atoms with Crippen molar-refractivity contribution in [3.8, 4) is 5.75 Å². The summed E-state index contributed by atoms with van der Waals surface area (Å²) in [5.41, 5.74) is 4.85. The molecule has 0 unspecified atom stereocenters. The highest BCUT2D eigenvalue weighted by Crippen LogP contribution is 2.33. The van der Waals surface area contributed by atoms with Crippen LogP contribution in [0.1, 0.15) is 22.3 Å². The molecule has 0 spiro atoms. The molecule has 3 aromatic rings. The van der Waals surface area contributed by atoms with Gasteiger partial charge in [0.2, 0.25) is 0 Å². The van der Waals surface area contributed by atoms with Crippen molar-refractivity contribution in [2.24, 2.45) is 4.99 Å². The van der Waals surface area contributed by atoms with Crippen LogP contribution in [-0.4, -0.2) is 11.1 Å². The van der Waals surface area contributed by atoms with Crippen LogP contribution in [0.25, 0.3) is 0 Å². The first-order valence-corrected chi connectivity index (χ1v) is 10.4. The molecular formula is C22H18Br2N2O3. The van der Waals surface area contributed by atoms with Crippen molar-refractivity contribution in [3.05, 3.63) is 95.9 Å². The lowest BCUT2D eigenvalue weighted by atomic mass is 10.1. The van der Waals surface area contributed by atoms with Gasteiger partial charge in [-0.3, -0.25) is 15.1 Å². The van der Waals surface area contributed by atoms with Crippen molar-refractivity contribution in [1.29, 1.82) is 0 Å². The van der Waals surface area contributed by atoms with E-state index in [2.05, 4.69) is 42.9 Å². The molecule has 0 atom stereocenters. The van der Waals surface area contributed by atoms with Gasteiger partial charge in [-0.05, 0) is 76.8 Å². The lowest BCUT2D eigenvalue weighted by molar-refractivity contribution is -0.384. The van der Waals surface area contributed by atoms with Crippen LogP contribution >= 0.6 is 31.9 Å². The summed E-state index contributed by atoms with van der Waals surface area (Å²) in [5.74, 6) is 0.653. The predicted molar refractivity (Wildman–Crippen MR) is 122 cm³/mol. The van der Waals surface area contributed by atoms with Gasteiger partial charge in [-0.25, -0.2) is 0 Å². The number of hydrogen-bond donors (Lipinski definition) is 0. The largest absolute Gasteiger partial charge is 0.487 e. The van der Waals surface area contributed by atoms with Gasteiger partial charge in [0.25, 0.3) is 5.69 Å². The van der Waals surface area contributed by atoms with Gasteiger partial charge in [-0.2, -0.15) is 0 Å². The van der Waals surface area contributed by atoms with Crippen LogP contribution in [0.4, 0.5) is 11.4 Å². The Morgan fingerprint density at radius 3 is 2.48 bits per heavy atom. The van der Waals surface area contributed by atoms with Crippen molar-refractivity contribution in [3.63, 3.8) is 0 Å². The Bertz CT molecular complexity index is 1080. The fraction of sp³-hybridized carbons (Fsp3) is 0.136. The zero-order valence-corrected chi connectivity index (χ0v) is 19.0. The molecule has 0 heterocycles. The molecule has 0 amide bonds. The Kier molecular flexibility index (Phi) is 6.82. The SMILES string of the molecule is Cc1ccc(C)c(N=Cc2cc(Br)cc(Br)c2OCc2ccc([N+](=O)[O-])cc2)c1. The van der Waals surface area contributed by atoms with E-state index in [0.29, 0.717) is 5.75 Å². The Morgan fingerprint density at radius 1 is 1.07 bits per heavy atom. The van der Waals surface area contributed by atoms with Gasteiger partial charge in [0, 0.05) is 28.4 Å². The smallest absolute Gasteiger partial charge is 0.269 e. The van der Waals surface area contributed by atoms with E-state index in [0.717, 1.165) is 36.9 Å². The van der Waals surface area contributed by atoms with Crippen LogP contribution in [-0.2, 0) is 6.61 Å². The van der Waals surface area contributed by atoms with Crippen LogP contribution < -0.4 is 4.74 Å². The average molecular weight is 518 g/mol. The zero-order valence-electron chi connectivity index (χ0n) is 15.9. The number of halogens is 2. The number of non-ortho nitro benzene ring substituents is 1. The number of ether oxygens (including phenoxy) is 1. The van der Waals surface area contributed by atoms with Crippen molar-refractivity contribution in [1.82, 2.24) is 0 Å². The normalized spacial score (nSPS) is 11.0. The van der Waals surface area contributed by atoms with E-state index in [-0.39, 0.29) is 12.3 Å². The number of aliphatic imine (C=N–C) groups is 1. The number of rotatable bonds is 6. The van der Waals surface area contributed by atoms with E-state index in [4.69, 9.17) is 4.74 Å². The summed E-state index contributed by atoms with van der Waals surface area (Å²) in [6, 6.07) is 16.3. The van der Waals surface area contributed by atoms with Crippen LogP contribution in [0.3, 0.4) is 0 Å². The molecule has 0 radical (unpaired) electrons. The molecule has 0 N–H and O–H groups in total. The molecule has 0 aromatic heterocycles. The number of nitrogens with zero attached hydrogens (tertiary/aromatic N) is 2. The van der Waals surface area contributed by atoms with Crippen LogP contribution in [0.2, 0.25) is 0 Å². The van der Waals surface area contributed by atoms with E-state index < -0.39 is 4.92 Å². The second-order valence-corrected chi connectivity index (χ2v) is 8.34. The van der Waals surface area contributed by atoms with Crippen molar-refractivity contribution in [2.45, 2.75) is 20.5 Å². The minimum atomic E-state index is -0.419.